The highest BCUT2D eigenvalue weighted by Gasteiger charge is 2.38. The number of cyclic esters (lactones) is 1. The molecule has 0 bridgehead atoms. The number of hydrogen-bond donors (Lipinski definition) is 2. The highest BCUT2D eigenvalue weighted by molar-refractivity contribution is 5.85. The molecule has 192 valence electrons. The molecule has 2 unspecified atom stereocenters. The first-order valence-corrected chi connectivity index (χ1v) is 13.2. The second-order valence-corrected chi connectivity index (χ2v) is 9.82. The van der Waals surface area contributed by atoms with Crippen LogP contribution in [0.5, 0.6) is 0 Å². The zero-order chi connectivity index (χ0) is 25.0. The molecule has 0 radical (unpaired) electrons. The van der Waals surface area contributed by atoms with Crippen molar-refractivity contribution in [3.05, 3.63) is 78.5 Å². The number of hydrogen-bond acceptors (Lipinski definition) is 6. The van der Waals surface area contributed by atoms with E-state index in [1.807, 2.05) is 9.47 Å². The lowest BCUT2D eigenvalue weighted by Gasteiger charge is -2.42. The third-order valence-electron chi connectivity index (χ3n) is 7.66. The second-order valence-electron chi connectivity index (χ2n) is 9.82. The number of fused-ring (bicyclic) bond motifs is 1. The fraction of sp³-hybridized carbons (Fsp3) is 0.393. The first kappa shape index (κ1) is 23.7. The molecule has 9 nitrogen and oxygen atoms in total. The smallest absolute Gasteiger partial charge is 0.410 e. The quantitative estimate of drug-likeness (QED) is 0.366. The predicted octanol–water partition coefficient (Wildman–Crippen LogP) is 3.54. The van der Waals surface area contributed by atoms with Crippen molar-refractivity contribution in [1.82, 2.24) is 34.9 Å². The van der Waals surface area contributed by atoms with E-state index in [4.69, 9.17) is 4.74 Å². The SMILES string of the molecule is O=C1OCCN1C(CCCc1c[nH]c2ccc(-n3cnnc3)cc12)C(c1ccccc1)N1CCNCC1. The molecule has 2 N–H and O–H groups in total. The van der Waals surface area contributed by atoms with E-state index in [0.29, 0.717) is 13.2 Å². The Morgan fingerprint density at radius 2 is 1.81 bits per heavy atom. The standard InChI is InChI=1S/C28H33N7O2/c36-28-35(15-16-37-28)26(27(21-5-2-1-3-6-21)33-13-11-29-12-14-33)8-4-7-22-18-30-25-10-9-23(17-24(22)25)34-19-31-32-20-34/h1-3,5-6,9-10,17-20,26-27,29-30H,4,7-8,11-16H2. The van der Waals surface area contributed by atoms with Crippen molar-refractivity contribution < 1.29 is 9.53 Å². The molecule has 6 rings (SSSR count). The van der Waals surface area contributed by atoms with Gasteiger partial charge in [-0.1, -0.05) is 30.3 Å². The molecule has 9 heteroatoms. The minimum atomic E-state index is -0.188. The average molecular weight is 500 g/mol. The van der Waals surface area contributed by atoms with Crippen molar-refractivity contribution in [2.75, 3.05) is 39.3 Å². The Kier molecular flexibility index (Phi) is 6.88. The zero-order valence-electron chi connectivity index (χ0n) is 20.9. The summed E-state index contributed by atoms with van der Waals surface area (Å²) in [6.07, 6.45) is 8.15. The Morgan fingerprint density at radius 1 is 1.00 bits per heavy atom. The fourth-order valence-corrected chi connectivity index (χ4v) is 5.85. The van der Waals surface area contributed by atoms with Crippen LogP contribution in [-0.4, -0.2) is 81.0 Å². The first-order chi connectivity index (χ1) is 18.3. The maximum Gasteiger partial charge on any atom is 0.410 e. The molecule has 0 spiro atoms. The van der Waals surface area contributed by atoms with Gasteiger partial charge >= 0.3 is 6.09 Å². The van der Waals surface area contributed by atoms with Gasteiger partial charge in [-0.2, -0.15) is 0 Å². The van der Waals surface area contributed by atoms with E-state index in [9.17, 15) is 4.79 Å². The molecule has 37 heavy (non-hydrogen) atoms. The van der Waals surface area contributed by atoms with Gasteiger partial charge in [-0.15, -0.1) is 10.2 Å². The number of aromatic nitrogens is 4. The van der Waals surface area contributed by atoms with E-state index >= 15 is 0 Å². The minimum Gasteiger partial charge on any atom is -0.448 e. The number of ether oxygens (including phenoxy) is 1. The summed E-state index contributed by atoms with van der Waals surface area (Å²) in [5.74, 6) is 0. The molecule has 0 saturated carbocycles. The lowest BCUT2D eigenvalue weighted by molar-refractivity contribution is 0.0799. The number of aromatic amines is 1. The van der Waals surface area contributed by atoms with Gasteiger partial charge in [0.1, 0.15) is 19.3 Å². The first-order valence-electron chi connectivity index (χ1n) is 13.2. The molecule has 2 saturated heterocycles. The van der Waals surface area contributed by atoms with Crippen molar-refractivity contribution >= 4 is 17.0 Å². The van der Waals surface area contributed by atoms with Crippen molar-refractivity contribution in [1.29, 1.82) is 0 Å². The molecular formula is C28H33N7O2. The summed E-state index contributed by atoms with van der Waals surface area (Å²) >= 11 is 0. The van der Waals surface area contributed by atoms with Crippen molar-refractivity contribution in [3.63, 3.8) is 0 Å². The largest absolute Gasteiger partial charge is 0.448 e. The van der Waals surface area contributed by atoms with Gasteiger partial charge in [0.15, 0.2) is 0 Å². The summed E-state index contributed by atoms with van der Waals surface area (Å²) in [6.45, 7) is 4.97. The predicted molar refractivity (Wildman–Crippen MR) is 142 cm³/mol. The summed E-state index contributed by atoms with van der Waals surface area (Å²) in [5, 5.41) is 12.6. The average Bonchev–Trinajstić information content (AvgIpc) is 3.71. The molecule has 2 atom stereocenters. The summed E-state index contributed by atoms with van der Waals surface area (Å²) in [5.41, 5.74) is 4.71. The van der Waals surface area contributed by atoms with Crippen LogP contribution in [0.4, 0.5) is 4.79 Å². The maximum absolute atomic E-state index is 12.8. The number of benzene rings is 2. The van der Waals surface area contributed by atoms with Gasteiger partial charge in [-0.05, 0) is 48.6 Å². The third kappa shape index (κ3) is 4.97. The molecule has 2 aliphatic heterocycles. The van der Waals surface area contributed by atoms with Gasteiger partial charge in [0.2, 0.25) is 0 Å². The molecule has 0 aliphatic carbocycles. The monoisotopic (exact) mass is 499 g/mol. The third-order valence-corrected chi connectivity index (χ3v) is 7.66. The highest BCUT2D eigenvalue weighted by atomic mass is 16.6. The lowest BCUT2D eigenvalue weighted by Crippen LogP contribution is -2.52. The molecule has 2 aromatic carbocycles. The van der Waals surface area contributed by atoms with E-state index in [2.05, 4.69) is 80.1 Å². The number of nitrogens with zero attached hydrogens (tertiary/aromatic N) is 5. The van der Waals surface area contributed by atoms with E-state index < -0.39 is 0 Å². The summed E-state index contributed by atoms with van der Waals surface area (Å²) in [6, 6.07) is 17.2. The second kappa shape index (κ2) is 10.7. The molecular weight excluding hydrogens is 466 g/mol. The number of aryl methyl sites for hydroxylation is 1. The summed E-state index contributed by atoms with van der Waals surface area (Å²) < 4.78 is 7.34. The van der Waals surface area contributed by atoms with Gasteiger partial charge in [0.05, 0.1) is 18.6 Å². The van der Waals surface area contributed by atoms with Crippen molar-refractivity contribution in [2.45, 2.75) is 31.3 Å². The van der Waals surface area contributed by atoms with Crippen LogP contribution in [0.25, 0.3) is 16.6 Å². The van der Waals surface area contributed by atoms with E-state index in [1.54, 1.807) is 12.7 Å². The van der Waals surface area contributed by atoms with E-state index in [1.165, 1.54) is 16.5 Å². The van der Waals surface area contributed by atoms with E-state index in [0.717, 1.165) is 56.6 Å². The summed E-state index contributed by atoms with van der Waals surface area (Å²) in [4.78, 5) is 20.7. The number of H-pyrrole nitrogens is 1. The number of amides is 1. The minimum absolute atomic E-state index is 0.0493. The Morgan fingerprint density at radius 3 is 2.57 bits per heavy atom. The van der Waals surface area contributed by atoms with Gasteiger partial charge in [0.25, 0.3) is 0 Å². The van der Waals surface area contributed by atoms with Crippen LogP contribution >= 0.6 is 0 Å². The molecule has 2 aliphatic rings. The lowest BCUT2D eigenvalue weighted by atomic mass is 9.91. The number of carbonyl (C=O) groups excluding carboxylic acids is 1. The van der Waals surface area contributed by atoms with Crippen LogP contribution in [0.15, 0.2) is 67.4 Å². The molecule has 1 amide bonds. The fourth-order valence-electron chi connectivity index (χ4n) is 5.85. The molecule has 2 aromatic heterocycles. The Bertz CT molecular complexity index is 1320. The normalized spacial score (nSPS) is 18.3. The molecule has 4 heterocycles. The number of carbonyl (C=O) groups is 1. The van der Waals surface area contributed by atoms with Crippen LogP contribution < -0.4 is 5.32 Å². The van der Waals surface area contributed by atoms with Crippen LogP contribution in [0.3, 0.4) is 0 Å². The molecule has 4 aromatic rings. The van der Waals surface area contributed by atoms with Crippen LogP contribution in [0.2, 0.25) is 0 Å². The Labute approximate surface area is 216 Å². The van der Waals surface area contributed by atoms with Crippen LogP contribution in [-0.2, 0) is 11.2 Å². The number of rotatable bonds is 9. The maximum atomic E-state index is 12.8. The van der Waals surface area contributed by atoms with Gasteiger partial charge < -0.3 is 15.0 Å². The summed E-state index contributed by atoms with van der Waals surface area (Å²) in [7, 11) is 0. The topological polar surface area (TPSA) is 91.3 Å². The molecule has 2 fully saturated rings. The Hall–Kier alpha value is -3.69. The number of nitrogens with one attached hydrogen (secondary N) is 2. The van der Waals surface area contributed by atoms with E-state index in [-0.39, 0.29) is 18.2 Å². The zero-order valence-corrected chi connectivity index (χ0v) is 20.9. The van der Waals surface area contributed by atoms with Gasteiger partial charge in [-0.3, -0.25) is 14.4 Å². The van der Waals surface area contributed by atoms with Crippen LogP contribution in [0.1, 0.15) is 30.0 Å². The highest BCUT2D eigenvalue weighted by Crippen LogP contribution is 2.33. The van der Waals surface area contributed by atoms with Crippen molar-refractivity contribution in [3.8, 4) is 5.69 Å². The Balaban J connectivity index is 1.25. The van der Waals surface area contributed by atoms with Gasteiger partial charge in [-0.25, -0.2) is 4.79 Å². The van der Waals surface area contributed by atoms with Crippen molar-refractivity contribution in [2.24, 2.45) is 0 Å². The van der Waals surface area contributed by atoms with Gasteiger partial charge in [0, 0.05) is 49.0 Å². The van der Waals surface area contributed by atoms with Crippen LogP contribution in [0, 0.1) is 0 Å². The number of piperazine rings is 1.